The molecule has 0 bridgehead atoms. The molecule has 0 aromatic carbocycles. The molecule has 11 heavy (non-hydrogen) atoms. The van der Waals surface area contributed by atoms with Gasteiger partial charge in [0.1, 0.15) is 0 Å². The summed E-state index contributed by atoms with van der Waals surface area (Å²) in [4.78, 5) is 2.41. The van der Waals surface area contributed by atoms with Crippen LogP contribution >= 0.6 is 0 Å². The first-order valence-electron chi connectivity index (χ1n) is 4.65. The van der Waals surface area contributed by atoms with E-state index in [1.165, 1.54) is 19.4 Å². The summed E-state index contributed by atoms with van der Waals surface area (Å²) < 4.78 is 0. The molecule has 1 saturated carbocycles. The number of fused-ring (bicyclic) bond motifs is 1. The number of nitrogens with zero attached hydrogens (tertiary/aromatic N) is 1. The highest BCUT2D eigenvalue weighted by Gasteiger charge is 2.36. The van der Waals surface area contributed by atoms with Gasteiger partial charge in [-0.2, -0.15) is 0 Å². The molecule has 2 nitrogen and oxygen atoms in total. The van der Waals surface area contributed by atoms with Crippen molar-refractivity contribution in [3.8, 4) is 0 Å². The number of aliphatic hydroxyl groups is 1. The lowest BCUT2D eigenvalue weighted by atomic mass is 9.84. The van der Waals surface area contributed by atoms with E-state index in [0.717, 1.165) is 18.8 Å². The minimum atomic E-state index is -0.0169. The summed E-state index contributed by atoms with van der Waals surface area (Å²) in [6, 6.07) is 0.693. The van der Waals surface area contributed by atoms with Gasteiger partial charge in [0.05, 0.1) is 6.10 Å². The lowest BCUT2D eigenvalue weighted by molar-refractivity contribution is 0.0714. The zero-order valence-electron chi connectivity index (χ0n) is 7.16. The van der Waals surface area contributed by atoms with Gasteiger partial charge in [0, 0.05) is 6.04 Å². The van der Waals surface area contributed by atoms with E-state index in [1.54, 1.807) is 0 Å². The van der Waals surface area contributed by atoms with Crippen LogP contribution in [0.25, 0.3) is 0 Å². The molecule has 1 N–H and O–H groups in total. The minimum Gasteiger partial charge on any atom is -0.393 e. The molecule has 0 aromatic heterocycles. The van der Waals surface area contributed by atoms with Crippen LogP contribution in [0.2, 0.25) is 0 Å². The van der Waals surface area contributed by atoms with Crippen LogP contribution in [0.1, 0.15) is 25.7 Å². The van der Waals surface area contributed by atoms with Gasteiger partial charge in [0.2, 0.25) is 0 Å². The molecule has 2 fully saturated rings. The lowest BCUT2D eigenvalue weighted by Crippen LogP contribution is -2.36. The number of likely N-dealkylation sites (tertiary alicyclic amines) is 1. The van der Waals surface area contributed by atoms with Crippen LogP contribution in [-0.2, 0) is 0 Å². The van der Waals surface area contributed by atoms with Crippen LogP contribution in [0.4, 0.5) is 0 Å². The van der Waals surface area contributed by atoms with Gasteiger partial charge in [0.25, 0.3) is 0 Å². The van der Waals surface area contributed by atoms with Gasteiger partial charge >= 0.3 is 0 Å². The fourth-order valence-corrected chi connectivity index (χ4v) is 2.60. The quantitative estimate of drug-likeness (QED) is 0.560. The van der Waals surface area contributed by atoms with E-state index in [0.29, 0.717) is 6.04 Å². The van der Waals surface area contributed by atoms with Crippen molar-refractivity contribution in [1.29, 1.82) is 0 Å². The number of rotatable bonds is 0. The first-order valence-corrected chi connectivity index (χ1v) is 4.65. The van der Waals surface area contributed by atoms with Crippen molar-refractivity contribution in [3.63, 3.8) is 0 Å². The maximum absolute atomic E-state index is 9.45. The third-order valence-corrected chi connectivity index (χ3v) is 3.35. The zero-order chi connectivity index (χ0) is 7.84. The Balaban J connectivity index is 2.01. The monoisotopic (exact) mass is 155 g/mol. The topological polar surface area (TPSA) is 23.5 Å². The summed E-state index contributed by atoms with van der Waals surface area (Å²) in [7, 11) is 2.18. The third-order valence-electron chi connectivity index (χ3n) is 3.35. The van der Waals surface area contributed by atoms with Crippen LogP contribution in [0.5, 0.6) is 0 Å². The van der Waals surface area contributed by atoms with E-state index in [4.69, 9.17) is 0 Å². The fourth-order valence-electron chi connectivity index (χ4n) is 2.60. The Morgan fingerprint density at radius 3 is 2.91 bits per heavy atom. The van der Waals surface area contributed by atoms with Gasteiger partial charge in [-0.05, 0) is 45.2 Å². The average Bonchev–Trinajstić information content (AvgIpc) is 2.33. The van der Waals surface area contributed by atoms with Crippen molar-refractivity contribution in [2.45, 2.75) is 37.8 Å². The van der Waals surface area contributed by atoms with E-state index in [1.807, 2.05) is 0 Å². The van der Waals surface area contributed by atoms with Gasteiger partial charge in [-0.3, -0.25) is 0 Å². The normalized spacial score (nSPS) is 45.8. The fraction of sp³-hybridized carbons (Fsp3) is 1.00. The van der Waals surface area contributed by atoms with E-state index >= 15 is 0 Å². The second-order valence-corrected chi connectivity index (χ2v) is 4.06. The highest BCUT2D eigenvalue weighted by atomic mass is 16.3. The molecule has 0 radical (unpaired) electrons. The van der Waals surface area contributed by atoms with E-state index in [9.17, 15) is 5.11 Å². The largest absolute Gasteiger partial charge is 0.393 e. The standard InChI is InChI=1S/C9H17NO/c1-10-5-4-7-2-3-8(11)6-9(7)10/h7-9,11H,2-6H2,1H3/t7-,8-,9-/m0/s1. The molecule has 1 aliphatic heterocycles. The van der Waals surface area contributed by atoms with Crippen molar-refractivity contribution in [2.24, 2.45) is 5.92 Å². The molecule has 0 amide bonds. The van der Waals surface area contributed by atoms with E-state index in [-0.39, 0.29) is 6.10 Å². The van der Waals surface area contributed by atoms with Crippen LogP contribution in [0.15, 0.2) is 0 Å². The van der Waals surface area contributed by atoms with Gasteiger partial charge in [-0.15, -0.1) is 0 Å². The molecule has 1 saturated heterocycles. The second-order valence-electron chi connectivity index (χ2n) is 4.06. The smallest absolute Gasteiger partial charge is 0.0555 e. The van der Waals surface area contributed by atoms with Crippen LogP contribution < -0.4 is 0 Å². The number of hydrogen-bond donors (Lipinski definition) is 1. The number of aliphatic hydroxyl groups excluding tert-OH is 1. The molecular weight excluding hydrogens is 138 g/mol. The molecule has 1 heterocycles. The summed E-state index contributed by atoms with van der Waals surface area (Å²) in [6.07, 6.45) is 4.64. The highest BCUT2D eigenvalue weighted by molar-refractivity contribution is 4.90. The molecule has 0 spiro atoms. The molecule has 0 aromatic rings. The van der Waals surface area contributed by atoms with Crippen molar-refractivity contribution < 1.29 is 5.11 Å². The Morgan fingerprint density at radius 2 is 2.09 bits per heavy atom. The molecular formula is C9H17NO. The van der Waals surface area contributed by atoms with Crippen LogP contribution in [0.3, 0.4) is 0 Å². The summed E-state index contributed by atoms with van der Waals surface area (Å²) in [5, 5.41) is 9.45. The van der Waals surface area contributed by atoms with E-state index in [2.05, 4.69) is 11.9 Å². The van der Waals surface area contributed by atoms with Gasteiger partial charge in [0.15, 0.2) is 0 Å². The second kappa shape index (κ2) is 2.76. The van der Waals surface area contributed by atoms with Gasteiger partial charge < -0.3 is 10.0 Å². The maximum Gasteiger partial charge on any atom is 0.0555 e. The molecule has 2 rings (SSSR count). The molecule has 1 aliphatic carbocycles. The van der Waals surface area contributed by atoms with Crippen LogP contribution in [-0.4, -0.2) is 35.7 Å². The predicted octanol–water partition coefficient (Wildman–Crippen LogP) is 0.851. The Hall–Kier alpha value is -0.0800. The third kappa shape index (κ3) is 1.30. The van der Waals surface area contributed by atoms with E-state index < -0.39 is 0 Å². The minimum absolute atomic E-state index is 0.0169. The molecule has 2 heteroatoms. The van der Waals surface area contributed by atoms with Crippen molar-refractivity contribution >= 4 is 0 Å². The summed E-state index contributed by atoms with van der Waals surface area (Å²) in [5.74, 6) is 0.892. The predicted molar refractivity (Wildman–Crippen MR) is 44.4 cm³/mol. The first kappa shape index (κ1) is 7.56. The summed E-state index contributed by atoms with van der Waals surface area (Å²) >= 11 is 0. The van der Waals surface area contributed by atoms with Crippen molar-refractivity contribution in [2.75, 3.05) is 13.6 Å². The molecule has 0 unspecified atom stereocenters. The summed E-state index contributed by atoms with van der Waals surface area (Å²) in [5.41, 5.74) is 0. The first-order chi connectivity index (χ1) is 5.27. The molecule has 64 valence electrons. The Labute approximate surface area is 68.2 Å². The Kier molecular flexibility index (Phi) is 1.90. The van der Waals surface area contributed by atoms with Crippen molar-refractivity contribution in [1.82, 2.24) is 4.90 Å². The SMILES string of the molecule is CN1CC[C@@H]2CC[C@H](O)C[C@@H]21. The Bertz CT molecular complexity index is 148. The number of hydrogen-bond acceptors (Lipinski definition) is 2. The average molecular weight is 155 g/mol. The molecule has 2 aliphatic rings. The van der Waals surface area contributed by atoms with Gasteiger partial charge in [-0.25, -0.2) is 0 Å². The highest BCUT2D eigenvalue weighted by Crippen LogP contribution is 2.35. The van der Waals surface area contributed by atoms with Crippen LogP contribution in [0, 0.1) is 5.92 Å². The molecule has 3 atom stereocenters. The lowest BCUT2D eigenvalue weighted by Gasteiger charge is -2.32. The van der Waals surface area contributed by atoms with Crippen molar-refractivity contribution in [3.05, 3.63) is 0 Å². The maximum atomic E-state index is 9.45. The zero-order valence-corrected chi connectivity index (χ0v) is 7.16. The van der Waals surface area contributed by atoms with Gasteiger partial charge in [-0.1, -0.05) is 0 Å². The summed E-state index contributed by atoms with van der Waals surface area (Å²) in [6.45, 7) is 1.24. The Morgan fingerprint density at radius 1 is 1.27 bits per heavy atom.